The number of hydrogen-bond donors (Lipinski definition) is 1. The zero-order valence-electron chi connectivity index (χ0n) is 8.18. The van der Waals surface area contributed by atoms with E-state index in [1.54, 1.807) is 17.2 Å². The zero-order valence-corrected chi connectivity index (χ0v) is 8.18. The van der Waals surface area contributed by atoms with Crippen molar-refractivity contribution in [2.24, 2.45) is 7.05 Å². The molecule has 3 aromatic rings. The second-order valence-electron chi connectivity index (χ2n) is 3.37. The molecule has 0 aromatic carbocycles. The third-order valence-corrected chi connectivity index (χ3v) is 2.28. The fraction of sp³-hybridized carbons (Fsp3) is 0.100. The Morgan fingerprint density at radius 3 is 3.07 bits per heavy atom. The number of H-pyrrole nitrogens is 1. The average molecular weight is 199 g/mol. The van der Waals surface area contributed by atoms with Gasteiger partial charge in [-0.1, -0.05) is 0 Å². The summed E-state index contributed by atoms with van der Waals surface area (Å²) >= 11 is 0. The molecule has 74 valence electrons. The summed E-state index contributed by atoms with van der Waals surface area (Å²) in [4.78, 5) is 11.3. The van der Waals surface area contributed by atoms with E-state index in [1.807, 2.05) is 25.4 Å². The Hall–Kier alpha value is -2.17. The molecule has 0 aliphatic carbocycles. The van der Waals surface area contributed by atoms with Gasteiger partial charge in [-0.3, -0.25) is 4.68 Å². The molecule has 3 rings (SSSR count). The highest BCUT2D eigenvalue weighted by atomic mass is 15.2. The van der Waals surface area contributed by atoms with Crippen molar-refractivity contribution in [2.45, 2.75) is 0 Å². The summed E-state index contributed by atoms with van der Waals surface area (Å²) in [7, 11) is 1.89. The van der Waals surface area contributed by atoms with E-state index in [4.69, 9.17) is 0 Å². The maximum atomic E-state index is 4.31. The molecule has 0 saturated carbocycles. The molecule has 5 heteroatoms. The van der Waals surface area contributed by atoms with E-state index in [-0.39, 0.29) is 0 Å². The monoisotopic (exact) mass is 199 g/mol. The Morgan fingerprint density at radius 1 is 1.33 bits per heavy atom. The number of nitrogens with zero attached hydrogens (tertiary/aromatic N) is 4. The summed E-state index contributed by atoms with van der Waals surface area (Å²) in [6.07, 6.45) is 5.33. The Kier molecular flexibility index (Phi) is 1.58. The van der Waals surface area contributed by atoms with E-state index < -0.39 is 0 Å². The van der Waals surface area contributed by atoms with E-state index in [9.17, 15) is 0 Å². The van der Waals surface area contributed by atoms with Gasteiger partial charge in [-0.2, -0.15) is 5.10 Å². The second-order valence-corrected chi connectivity index (χ2v) is 3.37. The van der Waals surface area contributed by atoms with Crippen LogP contribution in [0.2, 0.25) is 0 Å². The lowest BCUT2D eigenvalue weighted by Crippen LogP contribution is -1.88. The smallest absolute Gasteiger partial charge is 0.177 e. The molecule has 0 bridgehead atoms. The minimum absolute atomic E-state index is 0.731. The van der Waals surface area contributed by atoms with Gasteiger partial charge in [-0.15, -0.1) is 0 Å². The molecule has 0 saturated heterocycles. The van der Waals surface area contributed by atoms with Crippen LogP contribution in [0.5, 0.6) is 0 Å². The molecule has 0 aliphatic heterocycles. The fourth-order valence-electron chi connectivity index (χ4n) is 1.54. The summed E-state index contributed by atoms with van der Waals surface area (Å²) < 4.78 is 1.77. The summed E-state index contributed by atoms with van der Waals surface area (Å²) in [5, 5.41) is 4.31. The Balaban J connectivity index is 2.18. The van der Waals surface area contributed by atoms with Gasteiger partial charge in [0.05, 0.1) is 17.5 Å². The number of aryl methyl sites for hydroxylation is 1. The lowest BCUT2D eigenvalue weighted by Gasteiger charge is -1.95. The first-order valence-corrected chi connectivity index (χ1v) is 4.62. The van der Waals surface area contributed by atoms with Crippen LogP contribution in [-0.4, -0.2) is 24.7 Å². The molecular weight excluding hydrogens is 190 g/mol. The quantitative estimate of drug-likeness (QED) is 0.643. The molecule has 5 nitrogen and oxygen atoms in total. The molecular formula is C10H9N5. The van der Waals surface area contributed by atoms with E-state index in [0.717, 1.165) is 22.4 Å². The van der Waals surface area contributed by atoms with Gasteiger partial charge in [0.15, 0.2) is 5.65 Å². The van der Waals surface area contributed by atoms with Gasteiger partial charge in [0.2, 0.25) is 0 Å². The van der Waals surface area contributed by atoms with Crippen LogP contribution in [-0.2, 0) is 7.05 Å². The van der Waals surface area contributed by atoms with E-state index >= 15 is 0 Å². The SMILES string of the molecule is Cn1ccc(-c2cnc3nc[nH]c3c2)n1. The molecule has 0 atom stereocenters. The number of aromatic nitrogens is 5. The lowest BCUT2D eigenvalue weighted by molar-refractivity contribution is 0.771. The van der Waals surface area contributed by atoms with Gasteiger partial charge in [-0.25, -0.2) is 9.97 Å². The van der Waals surface area contributed by atoms with Crippen molar-refractivity contribution >= 4 is 11.2 Å². The number of nitrogens with one attached hydrogen (secondary N) is 1. The highest BCUT2D eigenvalue weighted by Gasteiger charge is 2.04. The average Bonchev–Trinajstić information content (AvgIpc) is 2.84. The van der Waals surface area contributed by atoms with E-state index in [2.05, 4.69) is 20.1 Å². The predicted octanol–water partition coefficient (Wildman–Crippen LogP) is 1.36. The summed E-state index contributed by atoms with van der Waals surface area (Å²) in [6.45, 7) is 0. The number of aromatic amines is 1. The van der Waals surface area contributed by atoms with Gasteiger partial charge in [0.1, 0.15) is 0 Å². The topological polar surface area (TPSA) is 59.4 Å². The lowest BCUT2D eigenvalue weighted by atomic mass is 10.2. The van der Waals surface area contributed by atoms with Crippen molar-refractivity contribution in [3.05, 3.63) is 30.9 Å². The molecule has 0 aliphatic rings. The Morgan fingerprint density at radius 2 is 2.27 bits per heavy atom. The summed E-state index contributed by atoms with van der Waals surface area (Å²) in [5.41, 5.74) is 3.57. The molecule has 15 heavy (non-hydrogen) atoms. The molecule has 3 heterocycles. The molecule has 0 radical (unpaired) electrons. The second kappa shape index (κ2) is 2.91. The van der Waals surface area contributed by atoms with E-state index in [0.29, 0.717) is 0 Å². The predicted molar refractivity (Wildman–Crippen MR) is 56.1 cm³/mol. The molecule has 0 unspecified atom stereocenters. The van der Waals surface area contributed by atoms with Crippen LogP contribution < -0.4 is 0 Å². The Labute approximate surface area is 85.8 Å². The normalized spacial score (nSPS) is 11.0. The van der Waals surface area contributed by atoms with Gasteiger partial charge in [-0.05, 0) is 12.1 Å². The van der Waals surface area contributed by atoms with Crippen LogP contribution in [0, 0.1) is 0 Å². The van der Waals surface area contributed by atoms with Crippen LogP contribution in [0.25, 0.3) is 22.4 Å². The largest absolute Gasteiger partial charge is 0.343 e. The van der Waals surface area contributed by atoms with Gasteiger partial charge in [0.25, 0.3) is 0 Å². The van der Waals surface area contributed by atoms with Crippen LogP contribution in [0.1, 0.15) is 0 Å². The number of pyridine rings is 1. The summed E-state index contributed by atoms with van der Waals surface area (Å²) in [6, 6.07) is 3.96. The minimum atomic E-state index is 0.731. The van der Waals surface area contributed by atoms with Crippen molar-refractivity contribution in [2.75, 3.05) is 0 Å². The first-order chi connectivity index (χ1) is 7.33. The van der Waals surface area contributed by atoms with Crippen molar-refractivity contribution in [3.8, 4) is 11.3 Å². The number of fused-ring (bicyclic) bond motifs is 1. The molecule has 1 N–H and O–H groups in total. The third-order valence-electron chi connectivity index (χ3n) is 2.28. The van der Waals surface area contributed by atoms with Crippen molar-refractivity contribution in [3.63, 3.8) is 0 Å². The van der Waals surface area contributed by atoms with Crippen LogP contribution in [0.15, 0.2) is 30.9 Å². The molecule has 3 aromatic heterocycles. The van der Waals surface area contributed by atoms with Crippen LogP contribution in [0.4, 0.5) is 0 Å². The van der Waals surface area contributed by atoms with Gasteiger partial charge >= 0.3 is 0 Å². The maximum Gasteiger partial charge on any atom is 0.177 e. The van der Waals surface area contributed by atoms with Gasteiger partial charge < -0.3 is 4.98 Å². The molecule has 0 amide bonds. The maximum absolute atomic E-state index is 4.31. The standard InChI is InChI=1S/C10H9N5/c1-15-3-2-8(14-15)7-4-9-10(11-5-7)13-6-12-9/h2-6H,1H3,(H,11,12,13). The van der Waals surface area contributed by atoms with E-state index in [1.165, 1.54) is 0 Å². The Bertz CT molecular complexity index is 607. The molecule has 0 spiro atoms. The first kappa shape index (κ1) is 8.16. The fourth-order valence-corrected chi connectivity index (χ4v) is 1.54. The third kappa shape index (κ3) is 1.28. The van der Waals surface area contributed by atoms with Crippen LogP contribution >= 0.6 is 0 Å². The number of rotatable bonds is 1. The van der Waals surface area contributed by atoms with Gasteiger partial charge in [0, 0.05) is 25.0 Å². The molecule has 0 fully saturated rings. The number of hydrogen-bond acceptors (Lipinski definition) is 3. The van der Waals surface area contributed by atoms with Crippen molar-refractivity contribution in [1.29, 1.82) is 0 Å². The highest BCUT2D eigenvalue weighted by molar-refractivity contribution is 5.76. The highest BCUT2D eigenvalue weighted by Crippen LogP contribution is 2.18. The zero-order chi connectivity index (χ0) is 10.3. The van der Waals surface area contributed by atoms with Crippen molar-refractivity contribution < 1.29 is 0 Å². The number of imidazole rings is 1. The van der Waals surface area contributed by atoms with Crippen molar-refractivity contribution in [1.82, 2.24) is 24.7 Å². The first-order valence-electron chi connectivity index (χ1n) is 4.62. The minimum Gasteiger partial charge on any atom is -0.343 e. The summed E-state index contributed by atoms with van der Waals surface area (Å²) in [5.74, 6) is 0. The van der Waals surface area contributed by atoms with Crippen LogP contribution in [0.3, 0.4) is 0 Å².